The van der Waals surface area contributed by atoms with E-state index in [4.69, 9.17) is 12.6 Å². The number of thiophene rings is 1. The number of fused-ring (bicyclic) bond motifs is 3. The first-order valence-electron chi connectivity index (χ1n) is 7.12. The van der Waals surface area contributed by atoms with E-state index < -0.39 is 5.41 Å². The highest BCUT2D eigenvalue weighted by molar-refractivity contribution is 7.59. The second-order valence-corrected chi connectivity index (χ2v) is 7.07. The van der Waals surface area contributed by atoms with Crippen molar-refractivity contribution >= 4 is 34.2 Å². The van der Waals surface area contributed by atoms with Crippen LogP contribution in [-0.2, 0) is 30.9 Å². The van der Waals surface area contributed by atoms with Gasteiger partial charge in [-0.3, -0.25) is 4.98 Å². The number of hydrogen-bond acceptors (Lipinski definition) is 5. The van der Waals surface area contributed by atoms with Crippen molar-refractivity contribution in [2.24, 2.45) is 0 Å². The summed E-state index contributed by atoms with van der Waals surface area (Å²) in [6.07, 6.45) is 3.94. The van der Waals surface area contributed by atoms with Gasteiger partial charge in [-0.25, -0.2) is 4.98 Å². The quantitative estimate of drug-likeness (QED) is 0.508. The van der Waals surface area contributed by atoms with E-state index in [0.717, 1.165) is 35.0 Å². The van der Waals surface area contributed by atoms with E-state index in [0.29, 0.717) is 5.03 Å². The molecule has 0 saturated carbocycles. The molecule has 1 aliphatic carbocycles. The zero-order valence-electron chi connectivity index (χ0n) is 11.7. The lowest BCUT2D eigenvalue weighted by molar-refractivity contribution is 0.479. The van der Waals surface area contributed by atoms with E-state index in [1.54, 1.807) is 11.3 Å². The summed E-state index contributed by atoms with van der Waals surface area (Å²) in [7, 11) is 0. The molecule has 1 aromatic carbocycles. The predicted octanol–water partition coefficient (Wildman–Crippen LogP) is 3.55. The van der Waals surface area contributed by atoms with Gasteiger partial charge in [0.2, 0.25) is 0 Å². The molecule has 0 spiro atoms. The molecule has 1 aliphatic rings. The fourth-order valence-corrected chi connectivity index (χ4v) is 4.91. The van der Waals surface area contributed by atoms with Gasteiger partial charge in [0.25, 0.3) is 0 Å². The van der Waals surface area contributed by atoms with E-state index in [2.05, 4.69) is 28.2 Å². The highest BCUT2D eigenvalue weighted by atomic mass is 32.1. The zero-order chi connectivity index (χ0) is 15.2. The van der Waals surface area contributed by atoms with Gasteiger partial charge in [0.05, 0.1) is 11.5 Å². The molecule has 4 rings (SSSR count). The predicted molar refractivity (Wildman–Crippen MR) is 88.8 cm³/mol. The van der Waals surface area contributed by atoms with Gasteiger partial charge in [0.1, 0.15) is 11.2 Å². The molecular formula is C17H12N3S2-. The van der Waals surface area contributed by atoms with Crippen molar-refractivity contribution in [3.8, 4) is 6.07 Å². The lowest BCUT2D eigenvalue weighted by atomic mass is 9.70. The van der Waals surface area contributed by atoms with Gasteiger partial charge < -0.3 is 12.6 Å². The Labute approximate surface area is 138 Å². The van der Waals surface area contributed by atoms with Crippen LogP contribution in [0.3, 0.4) is 0 Å². The maximum absolute atomic E-state index is 9.86. The molecule has 0 bridgehead atoms. The average Bonchev–Trinajstić information content (AvgIpc) is 2.94. The van der Waals surface area contributed by atoms with Crippen molar-refractivity contribution in [1.29, 1.82) is 5.26 Å². The Kier molecular flexibility index (Phi) is 3.10. The zero-order valence-corrected chi connectivity index (χ0v) is 13.4. The fraction of sp³-hybridized carbons (Fsp3) is 0.235. The molecule has 5 heteroatoms. The Bertz CT molecular complexity index is 895. The molecule has 22 heavy (non-hydrogen) atoms. The molecule has 0 amide bonds. The van der Waals surface area contributed by atoms with Gasteiger partial charge in [0.15, 0.2) is 0 Å². The third-order valence-electron chi connectivity index (χ3n) is 4.44. The summed E-state index contributed by atoms with van der Waals surface area (Å²) in [6, 6.07) is 12.7. The fourth-order valence-electron chi connectivity index (χ4n) is 3.28. The summed E-state index contributed by atoms with van der Waals surface area (Å²) in [5.74, 6) is 0. The van der Waals surface area contributed by atoms with Crippen LogP contribution in [0.2, 0.25) is 0 Å². The van der Waals surface area contributed by atoms with Crippen molar-refractivity contribution in [3.63, 3.8) is 0 Å². The molecule has 2 heterocycles. The molecule has 0 unspecified atom stereocenters. The van der Waals surface area contributed by atoms with E-state index >= 15 is 0 Å². The molecule has 1 atom stereocenters. The van der Waals surface area contributed by atoms with Gasteiger partial charge in [-0.2, -0.15) is 5.26 Å². The van der Waals surface area contributed by atoms with Gasteiger partial charge in [0, 0.05) is 16.7 Å². The molecule has 0 N–H and O–H groups in total. The second kappa shape index (κ2) is 5.01. The SMILES string of the molecule is N#C[C@@]1(c2ccccc2)CCc2c(sc3ncnc([S-])c23)C1. The summed E-state index contributed by atoms with van der Waals surface area (Å²) in [4.78, 5) is 10.7. The minimum atomic E-state index is -0.440. The number of nitriles is 1. The van der Waals surface area contributed by atoms with Crippen LogP contribution >= 0.6 is 11.3 Å². The Hall–Kier alpha value is -2.03. The van der Waals surface area contributed by atoms with Crippen LogP contribution in [0.15, 0.2) is 41.7 Å². The number of rotatable bonds is 1. The van der Waals surface area contributed by atoms with Crippen molar-refractivity contribution < 1.29 is 0 Å². The van der Waals surface area contributed by atoms with Crippen molar-refractivity contribution in [2.75, 3.05) is 0 Å². The molecule has 0 fully saturated rings. The molecule has 0 saturated heterocycles. The van der Waals surface area contributed by atoms with E-state index in [9.17, 15) is 5.26 Å². The van der Waals surface area contributed by atoms with E-state index in [1.807, 2.05) is 18.2 Å². The van der Waals surface area contributed by atoms with Crippen molar-refractivity contribution in [1.82, 2.24) is 9.97 Å². The van der Waals surface area contributed by atoms with Crippen LogP contribution in [0.5, 0.6) is 0 Å². The molecule has 2 aromatic heterocycles. The van der Waals surface area contributed by atoms with Gasteiger partial charge in [-0.15, -0.1) is 11.3 Å². The average molecular weight is 322 g/mol. The second-order valence-electron chi connectivity index (χ2n) is 5.60. The number of nitrogens with zero attached hydrogens (tertiary/aromatic N) is 3. The Balaban J connectivity index is 1.86. The first-order chi connectivity index (χ1) is 10.7. The molecule has 3 aromatic rings. The Morgan fingerprint density at radius 2 is 2.05 bits per heavy atom. The highest BCUT2D eigenvalue weighted by Gasteiger charge is 2.38. The highest BCUT2D eigenvalue weighted by Crippen LogP contribution is 2.44. The lowest BCUT2D eigenvalue weighted by Crippen LogP contribution is -2.31. The first-order valence-corrected chi connectivity index (χ1v) is 8.35. The summed E-state index contributed by atoms with van der Waals surface area (Å²) >= 11 is 7.02. The normalized spacial score (nSPS) is 20.5. The topological polar surface area (TPSA) is 49.6 Å². The molecule has 108 valence electrons. The molecule has 0 aliphatic heterocycles. The lowest BCUT2D eigenvalue weighted by Gasteiger charge is -2.31. The van der Waals surface area contributed by atoms with Crippen LogP contribution in [-0.4, -0.2) is 9.97 Å². The largest absolute Gasteiger partial charge is 0.759 e. The smallest absolute Gasteiger partial charge is 0.125 e. The van der Waals surface area contributed by atoms with Gasteiger partial charge in [-0.1, -0.05) is 35.4 Å². The molecular weight excluding hydrogens is 310 g/mol. The molecule has 0 radical (unpaired) electrons. The third-order valence-corrected chi connectivity index (χ3v) is 5.89. The minimum absolute atomic E-state index is 0.440. The number of aromatic nitrogens is 2. The van der Waals surface area contributed by atoms with Crippen LogP contribution in [0, 0.1) is 11.3 Å². The number of aryl methyl sites for hydroxylation is 1. The standard InChI is InChI=1S/C17H13N3S2/c18-9-17(11-4-2-1-3-5-11)7-6-12-13(8-17)22-16-14(12)15(21)19-10-20-16/h1-5,10H,6-8H2,(H,19,20,21)/p-1/t17-/m1/s1. The minimum Gasteiger partial charge on any atom is -0.759 e. The number of benzene rings is 1. The summed E-state index contributed by atoms with van der Waals surface area (Å²) < 4.78 is 0. The number of hydrogen-bond donors (Lipinski definition) is 0. The van der Waals surface area contributed by atoms with Crippen molar-refractivity contribution in [3.05, 3.63) is 52.7 Å². The van der Waals surface area contributed by atoms with Crippen molar-refractivity contribution in [2.45, 2.75) is 29.7 Å². The summed E-state index contributed by atoms with van der Waals surface area (Å²) in [5.41, 5.74) is 1.92. The van der Waals surface area contributed by atoms with Crippen LogP contribution < -0.4 is 0 Å². The Morgan fingerprint density at radius 3 is 2.82 bits per heavy atom. The van der Waals surface area contributed by atoms with E-state index in [1.165, 1.54) is 16.8 Å². The van der Waals surface area contributed by atoms with Crippen LogP contribution in [0.4, 0.5) is 0 Å². The maximum Gasteiger partial charge on any atom is 0.125 e. The molecule has 3 nitrogen and oxygen atoms in total. The monoisotopic (exact) mass is 322 g/mol. The van der Waals surface area contributed by atoms with E-state index in [-0.39, 0.29) is 0 Å². The summed E-state index contributed by atoms with van der Waals surface area (Å²) in [6.45, 7) is 0. The first kappa shape index (κ1) is 13.6. The van der Waals surface area contributed by atoms with Gasteiger partial charge in [-0.05, 0) is 24.0 Å². The summed E-state index contributed by atoms with van der Waals surface area (Å²) in [5, 5.41) is 11.5. The maximum atomic E-state index is 9.86. The van der Waals surface area contributed by atoms with Gasteiger partial charge >= 0.3 is 0 Å². The van der Waals surface area contributed by atoms with Crippen LogP contribution in [0.25, 0.3) is 10.2 Å². The van der Waals surface area contributed by atoms with Crippen LogP contribution in [0.1, 0.15) is 22.4 Å². The Morgan fingerprint density at radius 1 is 1.23 bits per heavy atom. The third kappa shape index (κ3) is 1.92.